The molecule has 0 radical (unpaired) electrons. The highest BCUT2D eigenvalue weighted by atomic mass is 19.1. The van der Waals surface area contributed by atoms with E-state index in [0.717, 1.165) is 22.8 Å². The van der Waals surface area contributed by atoms with Crippen LogP contribution in [0, 0.1) is 5.82 Å². The van der Waals surface area contributed by atoms with Gasteiger partial charge in [0.2, 0.25) is 0 Å². The van der Waals surface area contributed by atoms with E-state index in [0.29, 0.717) is 23.6 Å². The molecule has 1 aromatic heterocycles. The summed E-state index contributed by atoms with van der Waals surface area (Å²) in [6.45, 7) is 4.20. The van der Waals surface area contributed by atoms with E-state index in [4.69, 9.17) is 0 Å². The van der Waals surface area contributed by atoms with Gasteiger partial charge in [-0.25, -0.2) is 4.39 Å². The van der Waals surface area contributed by atoms with Crippen molar-refractivity contribution in [2.24, 2.45) is 9.98 Å². The fourth-order valence-electron chi connectivity index (χ4n) is 2.77. The molecule has 27 heavy (non-hydrogen) atoms. The molecule has 0 bridgehead atoms. The predicted molar refractivity (Wildman–Crippen MR) is 106 cm³/mol. The zero-order valence-corrected chi connectivity index (χ0v) is 14.9. The Bertz CT molecular complexity index is 966. The van der Waals surface area contributed by atoms with Crippen molar-refractivity contribution in [3.63, 3.8) is 0 Å². The number of benzene rings is 2. The van der Waals surface area contributed by atoms with Crippen LogP contribution < -0.4 is 5.32 Å². The number of rotatable bonds is 5. The minimum absolute atomic E-state index is 0.129. The number of hydrogen-bond acceptors (Lipinski definition) is 4. The van der Waals surface area contributed by atoms with Crippen LogP contribution in [0.15, 0.2) is 70.9 Å². The summed E-state index contributed by atoms with van der Waals surface area (Å²) < 4.78 is 13.6. The van der Waals surface area contributed by atoms with Gasteiger partial charge in [0.1, 0.15) is 17.4 Å². The van der Waals surface area contributed by atoms with Crippen molar-refractivity contribution >= 4 is 18.2 Å². The second-order valence-corrected chi connectivity index (χ2v) is 5.88. The van der Waals surface area contributed by atoms with Gasteiger partial charge in [-0.2, -0.15) is 0 Å². The molecule has 0 atom stereocenters. The van der Waals surface area contributed by atoms with E-state index in [1.54, 1.807) is 25.5 Å². The molecule has 0 saturated carbocycles. The van der Waals surface area contributed by atoms with Crippen molar-refractivity contribution in [1.29, 1.82) is 0 Å². The summed E-state index contributed by atoms with van der Waals surface area (Å²) in [6.07, 6.45) is 3.51. The number of aliphatic imine (C=N–C) groups is 2. The summed E-state index contributed by atoms with van der Waals surface area (Å²) in [5.74, 6) is 0.0298. The van der Waals surface area contributed by atoms with Crippen LogP contribution in [-0.2, 0) is 6.54 Å². The highest BCUT2D eigenvalue weighted by Crippen LogP contribution is 2.30. The monoisotopic (exact) mass is 362 g/mol. The summed E-state index contributed by atoms with van der Waals surface area (Å²) in [5, 5.41) is 12.9. The average Bonchev–Trinajstić information content (AvgIpc) is 2.68. The smallest absolute Gasteiger partial charge is 0.130 e. The van der Waals surface area contributed by atoms with Gasteiger partial charge in [-0.1, -0.05) is 12.1 Å². The van der Waals surface area contributed by atoms with Crippen molar-refractivity contribution in [3.8, 4) is 16.9 Å². The lowest BCUT2D eigenvalue weighted by Gasteiger charge is -2.13. The first-order valence-corrected chi connectivity index (χ1v) is 8.31. The standard InChI is InChI=1S/C21H19FN4O/c1-23-20-10-15(16-8-17(22)11-18(27)9-16)5-6-19(20)21(24-2)26-13-14-4-3-7-25-12-14/h3-12,27H,1,13H2,2H3,(H,24,26). The molecule has 2 aromatic carbocycles. The lowest BCUT2D eigenvalue weighted by atomic mass is 10.0. The maximum Gasteiger partial charge on any atom is 0.130 e. The van der Waals surface area contributed by atoms with Gasteiger partial charge in [0.15, 0.2) is 0 Å². The fourth-order valence-corrected chi connectivity index (χ4v) is 2.77. The first kappa shape index (κ1) is 18.3. The summed E-state index contributed by atoms with van der Waals surface area (Å²) in [7, 11) is 1.69. The van der Waals surface area contributed by atoms with Gasteiger partial charge in [0, 0.05) is 37.6 Å². The molecule has 6 heteroatoms. The van der Waals surface area contributed by atoms with E-state index in [1.165, 1.54) is 12.1 Å². The number of nitrogens with zero attached hydrogens (tertiary/aromatic N) is 3. The molecule has 0 saturated heterocycles. The predicted octanol–water partition coefficient (Wildman–Crippen LogP) is 4.09. The highest BCUT2D eigenvalue weighted by molar-refractivity contribution is 6.03. The third-order valence-electron chi connectivity index (χ3n) is 4.05. The molecule has 0 aliphatic rings. The number of nitrogens with one attached hydrogen (secondary N) is 1. The van der Waals surface area contributed by atoms with Gasteiger partial charge in [-0.15, -0.1) is 0 Å². The molecule has 0 amide bonds. The van der Waals surface area contributed by atoms with Crippen LogP contribution in [0.5, 0.6) is 5.75 Å². The SMILES string of the molecule is C=Nc1cc(-c2cc(O)cc(F)c2)ccc1C(=NC)NCc1cccnc1. The Labute approximate surface area is 157 Å². The van der Waals surface area contributed by atoms with E-state index in [2.05, 4.69) is 27.0 Å². The molecule has 136 valence electrons. The highest BCUT2D eigenvalue weighted by Gasteiger charge is 2.11. The largest absolute Gasteiger partial charge is 0.508 e. The summed E-state index contributed by atoms with van der Waals surface area (Å²) >= 11 is 0. The van der Waals surface area contributed by atoms with Gasteiger partial charge < -0.3 is 10.4 Å². The van der Waals surface area contributed by atoms with Crippen molar-refractivity contribution in [1.82, 2.24) is 10.3 Å². The van der Waals surface area contributed by atoms with Crippen LogP contribution in [0.1, 0.15) is 11.1 Å². The first-order chi connectivity index (χ1) is 13.1. The van der Waals surface area contributed by atoms with Gasteiger partial charge >= 0.3 is 0 Å². The minimum atomic E-state index is -0.504. The number of phenolic OH excluding ortho intramolecular Hbond substituents is 1. The second kappa shape index (κ2) is 8.23. The van der Waals surface area contributed by atoms with Crippen molar-refractivity contribution < 1.29 is 9.50 Å². The van der Waals surface area contributed by atoms with Crippen molar-refractivity contribution in [2.45, 2.75) is 6.54 Å². The lowest BCUT2D eigenvalue weighted by molar-refractivity contribution is 0.469. The maximum atomic E-state index is 13.6. The number of aromatic hydroxyl groups is 1. The summed E-state index contributed by atoms with van der Waals surface area (Å²) in [6, 6.07) is 13.2. The van der Waals surface area contributed by atoms with E-state index in [9.17, 15) is 9.50 Å². The third-order valence-corrected chi connectivity index (χ3v) is 4.05. The maximum absolute atomic E-state index is 13.6. The number of hydrogen-bond donors (Lipinski definition) is 2. The molecule has 0 spiro atoms. The first-order valence-electron chi connectivity index (χ1n) is 8.31. The Kier molecular flexibility index (Phi) is 5.56. The van der Waals surface area contributed by atoms with E-state index < -0.39 is 5.82 Å². The molecule has 0 unspecified atom stereocenters. The Balaban J connectivity index is 1.90. The molecule has 0 aliphatic heterocycles. The number of phenols is 1. The number of aromatic nitrogens is 1. The van der Waals surface area contributed by atoms with E-state index in [-0.39, 0.29) is 5.75 Å². The molecule has 5 nitrogen and oxygen atoms in total. The van der Waals surface area contributed by atoms with Crippen LogP contribution in [0.25, 0.3) is 11.1 Å². The van der Waals surface area contributed by atoms with Gasteiger partial charge in [0.05, 0.1) is 5.69 Å². The lowest BCUT2D eigenvalue weighted by Crippen LogP contribution is -2.24. The summed E-state index contributed by atoms with van der Waals surface area (Å²) in [4.78, 5) is 12.5. The van der Waals surface area contributed by atoms with Crippen molar-refractivity contribution in [2.75, 3.05) is 7.05 Å². The van der Waals surface area contributed by atoms with Crippen LogP contribution in [-0.4, -0.2) is 29.7 Å². The fraction of sp³-hybridized carbons (Fsp3) is 0.0952. The Morgan fingerprint density at radius 3 is 2.70 bits per heavy atom. The second-order valence-electron chi connectivity index (χ2n) is 5.88. The quantitative estimate of drug-likeness (QED) is 0.530. The molecule has 1 heterocycles. The average molecular weight is 362 g/mol. The normalized spacial score (nSPS) is 11.3. The topological polar surface area (TPSA) is 69.9 Å². The molecule has 0 fully saturated rings. The van der Waals surface area contributed by atoms with Crippen molar-refractivity contribution in [3.05, 3.63) is 77.9 Å². The molecular weight excluding hydrogens is 343 g/mol. The molecular formula is C21H19FN4O. The minimum Gasteiger partial charge on any atom is -0.508 e. The van der Waals surface area contributed by atoms with Crippen LogP contribution >= 0.6 is 0 Å². The number of amidine groups is 1. The zero-order valence-electron chi connectivity index (χ0n) is 14.9. The van der Waals surface area contributed by atoms with Crippen LogP contribution in [0.3, 0.4) is 0 Å². The Hall–Kier alpha value is -3.54. The Morgan fingerprint density at radius 2 is 2.04 bits per heavy atom. The molecule has 0 aliphatic carbocycles. The number of halogens is 1. The van der Waals surface area contributed by atoms with E-state index in [1.807, 2.05) is 24.3 Å². The molecule has 3 aromatic rings. The van der Waals surface area contributed by atoms with Gasteiger partial charge in [-0.3, -0.25) is 15.0 Å². The summed E-state index contributed by atoms with van der Waals surface area (Å²) in [5.41, 5.74) is 3.69. The van der Waals surface area contributed by atoms with Gasteiger partial charge in [0.25, 0.3) is 0 Å². The molecule has 2 N–H and O–H groups in total. The van der Waals surface area contributed by atoms with E-state index >= 15 is 0 Å². The van der Waals surface area contributed by atoms with Crippen LogP contribution in [0.2, 0.25) is 0 Å². The van der Waals surface area contributed by atoms with Gasteiger partial charge in [-0.05, 0) is 53.7 Å². The third kappa shape index (κ3) is 4.36. The molecule has 3 rings (SSSR count). The Morgan fingerprint density at radius 1 is 1.19 bits per heavy atom. The zero-order chi connectivity index (χ0) is 19.2. The number of pyridine rings is 1. The van der Waals surface area contributed by atoms with Crippen LogP contribution in [0.4, 0.5) is 10.1 Å².